The van der Waals surface area contributed by atoms with Gasteiger partial charge in [-0.25, -0.2) is 9.59 Å². The molecular formula is C26H32N2O6. The van der Waals surface area contributed by atoms with Crippen LogP contribution in [0, 0.1) is 0 Å². The summed E-state index contributed by atoms with van der Waals surface area (Å²) in [5, 5.41) is 10.4. The van der Waals surface area contributed by atoms with E-state index in [1.165, 1.54) is 16.9 Å². The van der Waals surface area contributed by atoms with Crippen LogP contribution < -0.4 is 4.74 Å². The molecule has 0 saturated carbocycles. The Kier molecular flexibility index (Phi) is 7.19. The largest absolute Gasteiger partial charge is 0.496 e. The van der Waals surface area contributed by atoms with Gasteiger partial charge in [-0.2, -0.15) is 0 Å². The van der Waals surface area contributed by atoms with Gasteiger partial charge in [-0.3, -0.25) is 4.79 Å². The molecule has 0 radical (unpaired) electrons. The van der Waals surface area contributed by atoms with Crippen molar-refractivity contribution >= 4 is 18.0 Å². The Morgan fingerprint density at radius 3 is 2.26 bits per heavy atom. The molecule has 1 aliphatic rings. The highest BCUT2D eigenvalue weighted by atomic mass is 16.5. The van der Waals surface area contributed by atoms with Gasteiger partial charge in [-0.05, 0) is 28.7 Å². The van der Waals surface area contributed by atoms with Crippen LogP contribution in [0.1, 0.15) is 42.3 Å². The number of hydrogen-bond donors (Lipinski definition) is 1. The highest BCUT2D eigenvalue weighted by Gasteiger charge is 2.51. The van der Waals surface area contributed by atoms with Gasteiger partial charge in [0.25, 0.3) is 5.91 Å². The number of methoxy groups -OCH3 is 2. The van der Waals surface area contributed by atoms with E-state index in [0.29, 0.717) is 11.3 Å². The van der Waals surface area contributed by atoms with Gasteiger partial charge >= 0.3 is 12.1 Å². The van der Waals surface area contributed by atoms with Crippen LogP contribution in [0.2, 0.25) is 0 Å². The first-order valence-electron chi connectivity index (χ1n) is 11.1. The summed E-state index contributed by atoms with van der Waals surface area (Å²) in [6.45, 7) is 6.18. The van der Waals surface area contributed by atoms with Crippen molar-refractivity contribution in [3.05, 3.63) is 65.2 Å². The smallest absolute Gasteiger partial charge is 0.409 e. The predicted octanol–water partition coefficient (Wildman–Crippen LogP) is 3.58. The molecule has 1 unspecified atom stereocenters. The normalized spacial score (nSPS) is 18.4. The lowest BCUT2D eigenvalue weighted by Crippen LogP contribution is -2.69. The standard InChI is InChI=1S/C26H32N2O6/c1-25(2,3)20-12-11-19(15-21(20)33-4)22(29)28-14-13-27(24(32)34-5)17-26(28,23(30)31)16-18-9-7-6-8-10-18/h6-12,15H,13-14,16-17H2,1-5H3,(H,30,31). The summed E-state index contributed by atoms with van der Waals surface area (Å²) in [6, 6.07) is 14.3. The SMILES string of the molecule is COC(=O)N1CCN(C(=O)c2ccc(C(C)(C)C)c(OC)c2)C(Cc2ccccc2)(C(=O)O)C1. The first-order valence-corrected chi connectivity index (χ1v) is 11.1. The molecule has 1 heterocycles. The van der Waals surface area contributed by atoms with Crippen molar-refractivity contribution in [2.75, 3.05) is 33.9 Å². The highest BCUT2D eigenvalue weighted by molar-refractivity contribution is 5.99. The number of carbonyl (C=O) groups is 3. The lowest BCUT2D eigenvalue weighted by atomic mass is 9.84. The van der Waals surface area contributed by atoms with Crippen LogP contribution in [-0.4, -0.2) is 72.3 Å². The summed E-state index contributed by atoms with van der Waals surface area (Å²) in [5.74, 6) is -1.05. The van der Waals surface area contributed by atoms with Gasteiger partial charge in [-0.1, -0.05) is 57.2 Å². The fourth-order valence-corrected chi connectivity index (χ4v) is 4.44. The molecule has 2 aromatic rings. The Balaban J connectivity index is 2.07. The molecule has 1 fully saturated rings. The molecular weight excluding hydrogens is 436 g/mol. The Hall–Kier alpha value is -3.55. The maximum Gasteiger partial charge on any atom is 0.409 e. The van der Waals surface area contributed by atoms with E-state index in [1.807, 2.05) is 57.2 Å². The molecule has 182 valence electrons. The van der Waals surface area contributed by atoms with Gasteiger partial charge in [0.15, 0.2) is 5.54 Å². The zero-order chi connectivity index (χ0) is 25.1. The summed E-state index contributed by atoms with van der Waals surface area (Å²) in [4.78, 5) is 41.5. The van der Waals surface area contributed by atoms with E-state index in [2.05, 4.69) is 0 Å². The van der Waals surface area contributed by atoms with Crippen molar-refractivity contribution in [3.63, 3.8) is 0 Å². The van der Waals surface area contributed by atoms with Crippen molar-refractivity contribution in [2.45, 2.75) is 38.1 Å². The molecule has 0 spiro atoms. The second-order valence-electron chi connectivity index (χ2n) is 9.51. The van der Waals surface area contributed by atoms with Crippen molar-refractivity contribution in [3.8, 4) is 5.75 Å². The molecule has 2 aromatic carbocycles. The van der Waals surface area contributed by atoms with Crippen molar-refractivity contribution < 1.29 is 29.0 Å². The number of piperazine rings is 1. The molecule has 0 aliphatic carbocycles. The second kappa shape index (κ2) is 9.75. The summed E-state index contributed by atoms with van der Waals surface area (Å²) in [6.07, 6.45) is -0.582. The summed E-state index contributed by atoms with van der Waals surface area (Å²) < 4.78 is 10.4. The van der Waals surface area contributed by atoms with E-state index in [4.69, 9.17) is 9.47 Å². The number of ether oxygens (including phenoxy) is 2. The number of nitrogens with zero attached hydrogens (tertiary/aromatic N) is 2. The van der Waals surface area contributed by atoms with Crippen LogP contribution in [0.3, 0.4) is 0 Å². The second-order valence-corrected chi connectivity index (χ2v) is 9.51. The number of rotatable bonds is 5. The number of amides is 2. The lowest BCUT2D eigenvalue weighted by Gasteiger charge is -2.47. The lowest BCUT2D eigenvalue weighted by molar-refractivity contribution is -0.153. The van der Waals surface area contributed by atoms with Crippen LogP contribution in [0.25, 0.3) is 0 Å². The maximum absolute atomic E-state index is 13.8. The van der Waals surface area contributed by atoms with Crippen LogP contribution in [-0.2, 0) is 21.4 Å². The molecule has 8 nitrogen and oxygen atoms in total. The molecule has 0 bridgehead atoms. The number of benzene rings is 2. The van der Waals surface area contributed by atoms with Gasteiger partial charge in [0.2, 0.25) is 0 Å². The van der Waals surface area contributed by atoms with E-state index in [-0.39, 0.29) is 31.5 Å². The van der Waals surface area contributed by atoms with E-state index in [0.717, 1.165) is 11.1 Å². The Bertz CT molecular complexity index is 1060. The Labute approximate surface area is 200 Å². The van der Waals surface area contributed by atoms with Crippen LogP contribution in [0.15, 0.2) is 48.5 Å². The topological polar surface area (TPSA) is 96.4 Å². The van der Waals surface area contributed by atoms with Gasteiger partial charge in [0.05, 0.1) is 20.8 Å². The summed E-state index contributed by atoms with van der Waals surface area (Å²) in [7, 11) is 2.80. The average molecular weight is 469 g/mol. The van der Waals surface area contributed by atoms with Crippen molar-refractivity contribution in [1.82, 2.24) is 9.80 Å². The van der Waals surface area contributed by atoms with Gasteiger partial charge in [-0.15, -0.1) is 0 Å². The number of hydrogen-bond acceptors (Lipinski definition) is 5. The fourth-order valence-electron chi connectivity index (χ4n) is 4.44. The first-order chi connectivity index (χ1) is 16.0. The monoisotopic (exact) mass is 468 g/mol. The quantitative estimate of drug-likeness (QED) is 0.721. The molecule has 1 atom stereocenters. The Morgan fingerprint density at radius 2 is 1.71 bits per heavy atom. The average Bonchev–Trinajstić information content (AvgIpc) is 2.82. The van der Waals surface area contributed by atoms with Crippen molar-refractivity contribution in [2.24, 2.45) is 0 Å². The van der Waals surface area contributed by atoms with Crippen LogP contribution >= 0.6 is 0 Å². The zero-order valence-corrected chi connectivity index (χ0v) is 20.3. The molecule has 1 aliphatic heterocycles. The number of carboxylic acid groups (broad SMARTS) is 1. The van der Waals surface area contributed by atoms with Crippen LogP contribution in [0.4, 0.5) is 4.79 Å². The minimum absolute atomic E-state index is 0.0413. The number of carboxylic acids is 1. The number of carbonyl (C=O) groups excluding carboxylic acids is 2. The van der Waals surface area contributed by atoms with Gasteiger partial charge < -0.3 is 24.4 Å². The van der Waals surface area contributed by atoms with Crippen molar-refractivity contribution in [1.29, 1.82) is 0 Å². The molecule has 0 aromatic heterocycles. The molecule has 1 saturated heterocycles. The highest BCUT2D eigenvalue weighted by Crippen LogP contribution is 2.34. The first kappa shape index (κ1) is 25.1. The molecule has 3 rings (SSSR count). The molecule has 34 heavy (non-hydrogen) atoms. The summed E-state index contributed by atoms with van der Waals surface area (Å²) in [5.41, 5.74) is 0.152. The third kappa shape index (κ3) is 4.85. The molecule has 1 N–H and O–H groups in total. The maximum atomic E-state index is 13.8. The zero-order valence-electron chi connectivity index (χ0n) is 20.3. The van der Waals surface area contributed by atoms with Gasteiger partial charge in [0, 0.05) is 25.1 Å². The predicted molar refractivity (Wildman–Crippen MR) is 127 cm³/mol. The number of aliphatic carboxylic acids is 1. The van der Waals surface area contributed by atoms with E-state index >= 15 is 0 Å². The fraction of sp³-hybridized carbons (Fsp3) is 0.423. The molecule has 2 amide bonds. The van der Waals surface area contributed by atoms with Crippen LogP contribution in [0.5, 0.6) is 5.75 Å². The van der Waals surface area contributed by atoms with E-state index < -0.39 is 23.5 Å². The van der Waals surface area contributed by atoms with Gasteiger partial charge in [0.1, 0.15) is 5.75 Å². The minimum atomic E-state index is -1.67. The summed E-state index contributed by atoms with van der Waals surface area (Å²) >= 11 is 0. The van der Waals surface area contributed by atoms with E-state index in [9.17, 15) is 19.5 Å². The Morgan fingerprint density at radius 1 is 1.03 bits per heavy atom. The molecule has 8 heteroatoms. The third-order valence-corrected chi connectivity index (χ3v) is 6.23. The van der Waals surface area contributed by atoms with E-state index in [1.54, 1.807) is 19.2 Å². The minimum Gasteiger partial charge on any atom is -0.496 e. The third-order valence-electron chi connectivity index (χ3n) is 6.23.